The summed E-state index contributed by atoms with van der Waals surface area (Å²) in [6.07, 6.45) is 0.944. The molecule has 3 N–H and O–H groups in total. The predicted octanol–water partition coefficient (Wildman–Crippen LogP) is -0.0839. The lowest BCUT2D eigenvalue weighted by molar-refractivity contribution is -0.146. The zero-order valence-electron chi connectivity index (χ0n) is 11.6. The van der Waals surface area contributed by atoms with Crippen molar-refractivity contribution in [2.45, 2.75) is 32.7 Å². The number of carbonyl (C=O) groups excluding carboxylic acids is 1. The smallest absolute Gasteiger partial charge is 0.308 e. The highest BCUT2D eigenvalue weighted by Gasteiger charge is 2.33. The highest BCUT2D eigenvalue weighted by atomic mass is 16.4. The molecule has 0 spiro atoms. The molecule has 6 nitrogen and oxygen atoms in total. The Balaban J connectivity index is 2.64. The van der Waals surface area contributed by atoms with Crippen molar-refractivity contribution in [1.82, 2.24) is 10.2 Å². The molecule has 0 aromatic carbocycles. The summed E-state index contributed by atoms with van der Waals surface area (Å²) in [6.45, 7) is 5.18. The lowest BCUT2D eigenvalue weighted by Gasteiger charge is -2.37. The number of carboxylic acid groups (broad SMARTS) is 1. The summed E-state index contributed by atoms with van der Waals surface area (Å²) in [6, 6.07) is -0.0573. The highest BCUT2D eigenvalue weighted by Crippen LogP contribution is 2.19. The van der Waals surface area contributed by atoms with E-state index < -0.39 is 11.9 Å². The molecule has 1 aliphatic rings. The monoisotopic (exact) mass is 272 g/mol. The fourth-order valence-electron chi connectivity index (χ4n) is 2.38. The van der Waals surface area contributed by atoms with Crippen LogP contribution in [0, 0.1) is 11.8 Å². The molecule has 1 heterocycles. The second-order valence-corrected chi connectivity index (χ2v) is 5.54. The normalized spacial score (nSPS) is 23.7. The van der Waals surface area contributed by atoms with Gasteiger partial charge in [0.25, 0.3) is 0 Å². The van der Waals surface area contributed by atoms with E-state index in [0.29, 0.717) is 25.9 Å². The maximum Gasteiger partial charge on any atom is 0.308 e. The Bertz CT molecular complexity index is 320. The van der Waals surface area contributed by atoms with E-state index in [1.807, 2.05) is 13.8 Å². The minimum Gasteiger partial charge on any atom is -0.481 e. The van der Waals surface area contributed by atoms with Crippen LogP contribution in [0.3, 0.4) is 0 Å². The van der Waals surface area contributed by atoms with Gasteiger partial charge in [0.05, 0.1) is 12.5 Å². The summed E-state index contributed by atoms with van der Waals surface area (Å²) >= 11 is 0. The number of piperidine rings is 1. The summed E-state index contributed by atoms with van der Waals surface area (Å²) in [5.41, 5.74) is 0. The van der Waals surface area contributed by atoms with Gasteiger partial charge in [-0.05, 0) is 12.3 Å². The first-order valence-electron chi connectivity index (χ1n) is 6.78. The highest BCUT2D eigenvalue weighted by molar-refractivity contribution is 5.78. The number of aliphatic carboxylic acids is 1. The first-order chi connectivity index (χ1) is 8.93. The maximum atomic E-state index is 12.1. The number of hydrogen-bond acceptors (Lipinski definition) is 4. The Labute approximate surface area is 113 Å². The maximum absolute atomic E-state index is 12.1. The van der Waals surface area contributed by atoms with Crippen molar-refractivity contribution in [3.05, 3.63) is 0 Å². The number of rotatable bonds is 6. The molecule has 0 saturated carbocycles. The minimum absolute atomic E-state index is 0.00811. The zero-order chi connectivity index (χ0) is 14.4. The van der Waals surface area contributed by atoms with Crippen LogP contribution in [0.5, 0.6) is 0 Å². The first-order valence-corrected chi connectivity index (χ1v) is 6.78. The van der Waals surface area contributed by atoms with E-state index in [9.17, 15) is 9.59 Å². The standard InChI is InChI=1S/C13H24N2O4/c1-9(2)5-12(17)15-7-10(13(18)19)6-11(8-15)14-3-4-16/h9-11,14,16H,3-8H2,1-2H3,(H,18,19). The van der Waals surface area contributed by atoms with Gasteiger partial charge >= 0.3 is 5.97 Å². The van der Waals surface area contributed by atoms with Crippen molar-refractivity contribution < 1.29 is 19.8 Å². The van der Waals surface area contributed by atoms with Crippen LogP contribution in [-0.4, -0.2) is 59.3 Å². The number of carboxylic acids is 1. The summed E-state index contributed by atoms with van der Waals surface area (Å²) < 4.78 is 0. The van der Waals surface area contributed by atoms with Crippen LogP contribution in [0.2, 0.25) is 0 Å². The van der Waals surface area contributed by atoms with E-state index >= 15 is 0 Å². The summed E-state index contributed by atoms with van der Waals surface area (Å²) in [5.74, 6) is -1.11. The van der Waals surface area contributed by atoms with E-state index in [-0.39, 0.29) is 31.0 Å². The zero-order valence-corrected chi connectivity index (χ0v) is 11.6. The van der Waals surface area contributed by atoms with Crippen LogP contribution >= 0.6 is 0 Å². The van der Waals surface area contributed by atoms with Gasteiger partial charge in [0, 0.05) is 32.1 Å². The molecule has 0 bridgehead atoms. The molecule has 1 aliphatic heterocycles. The number of amides is 1. The van der Waals surface area contributed by atoms with E-state index in [1.165, 1.54) is 0 Å². The molecule has 1 rings (SSSR count). The van der Waals surface area contributed by atoms with Gasteiger partial charge in [-0.2, -0.15) is 0 Å². The van der Waals surface area contributed by atoms with Crippen LogP contribution < -0.4 is 5.32 Å². The Morgan fingerprint density at radius 3 is 2.58 bits per heavy atom. The van der Waals surface area contributed by atoms with Crippen LogP contribution in [0.25, 0.3) is 0 Å². The number of likely N-dealkylation sites (tertiary alicyclic amines) is 1. The second-order valence-electron chi connectivity index (χ2n) is 5.54. The summed E-state index contributed by atoms with van der Waals surface area (Å²) in [4.78, 5) is 24.8. The summed E-state index contributed by atoms with van der Waals surface area (Å²) in [7, 11) is 0. The van der Waals surface area contributed by atoms with Gasteiger partial charge < -0.3 is 20.4 Å². The van der Waals surface area contributed by atoms with Crippen LogP contribution in [0.1, 0.15) is 26.7 Å². The molecule has 0 radical (unpaired) electrons. The Morgan fingerprint density at radius 1 is 1.37 bits per heavy atom. The SMILES string of the molecule is CC(C)CC(=O)N1CC(NCCO)CC(C(=O)O)C1. The van der Waals surface area contributed by atoms with Gasteiger partial charge in [0.1, 0.15) is 0 Å². The van der Waals surface area contributed by atoms with E-state index in [4.69, 9.17) is 10.2 Å². The first kappa shape index (κ1) is 15.9. The van der Waals surface area contributed by atoms with Crippen molar-refractivity contribution >= 4 is 11.9 Å². The minimum atomic E-state index is -0.863. The van der Waals surface area contributed by atoms with Gasteiger partial charge in [-0.3, -0.25) is 9.59 Å². The predicted molar refractivity (Wildman–Crippen MR) is 70.7 cm³/mol. The van der Waals surface area contributed by atoms with Crippen molar-refractivity contribution in [2.24, 2.45) is 11.8 Å². The Morgan fingerprint density at radius 2 is 2.05 bits per heavy atom. The van der Waals surface area contributed by atoms with Crippen molar-refractivity contribution in [3.8, 4) is 0 Å². The molecule has 0 aliphatic carbocycles. The van der Waals surface area contributed by atoms with E-state index in [2.05, 4.69) is 5.32 Å². The van der Waals surface area contributed by atoms with Gasteiger partial charge in [0.2, 0.25) is 5.91 Å². The molecule has 6 heteroatoms. The topological polar surface area (TPSA) is 89.9 Å². The summed E-state index contributed by atoms with van der Waals surface area (Å²) in [5, 5.41) is 21.0. The Kier molecular flexibility index (Phi) is 6.24. The number of carbonyl (C=O) groups is 2. The van der Waals surface area contributed by atoms with Gasteiger partial charge in [-0.25, -0.2) is 0 Å². The molecule has 19 heavy (non-hydrogen) atoms. The van der Waals surface area contributed by atoms with Gasteiger partial charge in [-0.15, -0.1) is 0 Å². The fraction of sp³-hybridized carbons (Fsp3) is 0.846. The number of nitrogens with zero attached hydrogens (tertiary/aromatic N) is 1. The molecule has 1 fully saturated rings. The third kappa shape index (κ3) is 5.16. The fourth-order valence-corrected chi connectivity index (χ4v) is 2.38. The molecule has 2 unspecified atom stereocenters. The van der Waals surface area contributed by atoms with Crippen LogP contribution in [-0.2, 0) is 9.59 Å². The molecule has 110 valence electrons. The van der Waals surface area contributed by atoms with Crippen LogP contribution in [0.4, 0.5) is 0 Å². The Hall–Kier alpha value is -1.14. The lowest BCUT2D eigenvalue weighted by atomic mass is 9.93. The molecule has 0 aromatic heterocycles. The quantitative estimate of drug-likeness (QED) is 0.629. The van der Waals surface area contributed by atoms with Crippen LogP contribution in [0.15, 0.2) is 0 Å². The van der Waals surface area contributed by atoms with Gasteiger partial charge in [-0.1, -0.05) is 13.8 Å². The third-order valence-corrected chi connectivity index (χ3v) is 3.28. The average molecular weight is 272 g/mol. The number of nitrogens with one attached hydrogen (secondary N) is 1. The number of aliphatic hydroxyl groups is 1. The molecular formula is C13H24N2O4. The second kappa shape index (κ2) is 7.45. The van der Waals surface area contributed by atoms with E-state index in [0.717, 1.165) is 0 Å². The molecule has 1 saturated heterocycles. The number of hydrogen-bond donors (Lipinski definition) is 3. The molecular weight excluding hydrogens is 248 g/mol. The number of aliphatic hydroxyl groups excluding tert-OH is 1. The van der Waals surface area contributed by atoms with E-state index in [1.54, 1.807) is 4.90 Å². The lowest BCUT2D eigenvalue weighted by Crippen LogP contribution is -2.53. The molecule has 1 amide bonds. The van der Waals surface area contributed by atoms with Crippen molar-refractivity contribution in [1.29, 1.82) is 0 Å². The third-order valence-electron chi connectivity index (χ3n) is 3.28. The molecule has 2 atom stereocenters. The molecule has 0 aromatic rings. The largest absolute Gasteiger partial charge is 0.481 e. The van der Waals surface area contributed by atoms with Crippen molar-refractivity contribution in [3.63, 3.8) is 0 Å². The van der Waals surface area contributed by atoms with Gasteiger partial charge in [0.15, 0.2) is 0 Å². The van der Waals surface area contributed by atoms with Crippen molar-refractivity contribution in [2.75, 3.05) is 26.2 Å². The average Bonchev–Trinajstić information content (AvgIpc) is 2.35.